The number of ether oxygens (including phenoxy) is 1. The molecule has 30 heavy (non-hydrogen) atoms. The Morgan fingerprint density at radius 3 is 2.73 bits per heavy atom. The lowest BCUT2D eigenvalue weighted by Crippen LogP contribution is -2.26. The largest absolute Gasteiger partial charge is 0.491 e. The molecule has 2 aromatic heterocycles. The zero-order valence-electron chi connectivity index (χ0n) is 16.5. The van der Waals surface area contributed by atoms with Crippen LogP contribution in [0.15, 0.2) is 66.9 Å². The van der Waals surface area contributed by atoms with Crippen LogP contribution >= 0.6 is 11.6 Å². The number of benzene rings is 2. The van der Waals surface area contributed by atoms with Crippen LogP contribution in [0, 0.1) is 6.92 Å². The van der Waals surface area contributed by atoms with Crippen LogP contribution in [-0.2, 0) is 0 Å². The number of hydrogen-bond donors (Lipinski definition) is 1. The Morgan fingerprint density at radius 2 is 1.90 bits per heavy atom. The molecule has 0 aliphatic carbocycles. The number of halogens is 1. The van der Waals surface area contributed by atoms with Crippen molar-refractivity contribution in [3.8, 4) is 11.4 Å². The molecule has 2 aromatic carbocycles. The first-order chi connectivity index (χ1) is 14.6. The lowest BCUT2D eigenvalue weighted by Gasteiger charge is -2.09. The highest BCUT2D eigenvalue weighted by Gasteiger charge is 2.20. The van der Waals surface area contributed by atoms with Crippen molar-refractivity contribution in [1.29, 1.82) is 0 Å². The first-order valence-electron chi connectivity index (χ1n) is 9.70. The SMILES string of the molecule is Cc1nn(-c2ccccc2)c(Cl)c1C(=O)NCCCOc1cccc2cccnc12. The van der Waals surface area contributed by atoms with E-state index in [1.54, 1.807) is 17.8 Å². The van der Waals surface area contributed by atoms with Gasteiger partial charge in [-0.25, -0.2) is 4.68 Å². The molecule has 1 amide bonds. The Kier molecular flexibility index (Phi) is 5.95. The molecule has 0 saturated heterocycles. The van der Waals surface area contributed by atoms with Gasteiger partial charge in [0.2, 0.25) is 0 Å². The number of amides is 1. The van der Waals surface area contributed by atoms with Crippen LogP contribution in [0.25, 0.3) is 16.6 Å². The van der Waals surface area contributed by atoms with Crippen molar-refractivity contribution < 1.29 is 9.53 Å². The molecule has 0 saturated carbocycles. The van der Waals surface area contributed by atoms with Crippen molar-refractivity contribution in [1.82, 2.24) is 20.1 Å². The van der Waals surface area contributed by atoms with Crippen LogP contribution in [0.5, 0.6) is 5.75 Å². The van der Waals surface area contributed by atoms with E-state index in [0.29, 0.717) is 36.0 Å². The van der Waals surface area contributed by atoms with E-state index in [9.17, 15) is 4.79 Å². The minimum Gasteiger partial charge on any atom is -0.491 e. The molecule has 1 N–H and O–H groups in total. The van der Waals surface area contributed by atoms with Crippen molar-refractivity contribution in [3.63, 3.8) is 0 Å². The van der Waals surface area contributed by atoms with Gasteiger partial charge in [0.15, 0.2) is 0 Å². The molecule has 0 fully saturated rings. The molecule has 0 aliphatic heterocycles. The fraction of sp³-hybridized carbons (Fsp3) is 0.174. The molecule has 0 atom stereocenters. The lowest BCUT2D eigenvalue weighted by atomic mass is 10.2. The summed E-state index contributed by atoms with van der Waals surface area (Å²) in [4.78, 5) is 17.0. The molecule has 7 heteroatoms. The minimum absolute atomic E-state index is 0.244. The maximum Gasteiger partial charge on any atom is 0.256 e. The van der Waals surface area contributed by atoms with Crippen molar-refractivity contribution in [3.05, 3.63) is 83.3 Å². The van der Waals surface area contributed by atoms with Gasteiger partial charge in [0.05, 0.1) is 23.6 Å². The third-order valence-corrected chi connectivity index (χ3v) is 5.04. The van der Waals surface area contributed by atoms with Crippen LogP contribution < -0.4 is 10.1 Å². The number of carbonyl (C=O) groups excluding carboxylic acids is 1. The maximum atomic E-state index is 12.6. The van der Waals surface area contributed by atoms with Gasteiger partial charge in [-0.1, -0.05) is 48.0 Å². The molecule has 0 unspecified atom stereocenters. The average molecular weight is 421 g/mol. The van der Waals surface area contributed by atoms with Gasteiger partial charge >= 0.3 is 0 Å². The highest BCUT2D eigenvalue weighted by Crippen LogP contribution is 2.24. The number of aryl methyl sites for hydroxylation is 1. The molecule has 2 heterocycles. The van der Waals surface area contributed by atoms with Gasteiger partial charge in [0.25, 0.3) is 5.91 Å². The van der Waals surface area contributed by atoms with Crippen molar-refractivity contribution in [2.24, 2.45) is 0 Å². The molecule has 0 aliphatic rings. The third kappa shape index (κ3) is 4.14. The van der Waals surface area contributed by atoms with E-state index in [0.717, 1.165) is 22.3 Å². The molecular formula is C23H21ClN4O2. The van der Waals surface area contributed by atoms with Gasteiger partial charge in [-0.3, -0.25) is 9.78 Å². The van der Waals surface area contributed by atoms with Gasteiger partial charge in [-0.05, 0) is 37.6 Å². The van der Waals surface area contributed by atoms with Gasteiger partial charge in [-0.2, -0.15) is 5.10 Å². The fourth-order valence-electron chi connectivity index (χ4n) is 3.23. The predicted molar refractivity (Wildman–Crippen MR) is 117 cm³/mol. The van der Waals surface area contributed by atoms with Gasteiger partial charge < -0.3 is 10.1 Å². The predicted octanol–water partition coefficient (Wildman–Crippen LogP) is 4.58. The second-order valence-electron chi connectivity index (χ2n) is 6.79. The topological polar surface area (TPSA) is 69.0 Å². The molecule has 152 valence electrons. The fourth-order valence-corrected chi connectivity index (χ4v) is 3.59. The number of pyridine rings is 1. The molecule has 6 nitrogen and oxygen atoms in total. The zero-order valence-corrected chi connectivity index (χ0v) is 17.3. The molecule has 0 radical (unpaired) electrons. The summed E-state index contributed by atoms with van der Waals surface area (Å²) in [6, 6.07) is 19.2. The number of aromatic nitrogens is 3. The summed E-state index contributed by atoms with van der Waals surface area (Å²) >= 11 is 6.44. The summed E-state index contributed by atoms with van der Waals surface area (Å²) in [5.41, 5.74) is 2.61. The summed E-state index contributed by atoms with van der Waals surface area (Å²) < 4.78 is 7.43. The van der Waals surface area contributed by atoms with Gasteiger partial charge in [0, 0.05) is 18.1 Å². The number of nitrogens with one attached hydrogen (secondary N) is 1. The number of nitrogens with zero attached hydrogens (tertiary/aromatic N) is 3. The summed E-state index contributed by atoms with van der Waals surface area (Å²) in [6.07, 6.45) is 2.40. The van der Waals surface area contributed by atoms with E-state index in [1.165, 1.54) is 0 Å². The van der Waals surface area contributed by atoms with Gasteiger partial charge in [-0.15, -0.1) is 0 Å². The van der Waals surface area contributed by atoms with Crippen LogP contribution in [0.2, 0.25) is 5.15 Å². The number of fused-ring (bicyclic) bond motifs is 1. The smallest absolute Gasteiger partial charge is 0.256 e. The molecule has 0 bridgehead atoms. The Labute approximate surface area is 179 Å². The van der Waals surface area contributed by atoms with E-state index in [-0.39, 0.29) is 5.91 Å². The Balaban J connectivity index is 1.34. The first-order valence-corrected chi connectivity index (χ1v) is 10.1. The Morgan fingerprint density at radius 1 is 1.10 bits per heavy atom. The first kappa shape index (κ1) is 19.9. The Hall–Kier alpha value is -3.38. The van der Waals surface area contributed by atoms with E-state index in [2.05, 4.69) is 15.4 Å². The molecule has 4 rings (SSSR count). The van der Waals surface area contributed by atoms with Crippen LogP contribution in [0.4, 0.5) is 0 Å². The highest BCUT2D eigenvalue weighted by molar-refractivity contribution is 6.33. The van der Waals surface area contributed by atoms with Crippen LogP contribution in [0.1, 0.15) is 22.5 Å². The second-order valence-corrected chi connectivity index (χ2v) is 7.15. The standard InChI is InChI=1S/C23H21ClN4O2/c1-16-20(22(24)28(27-16)18-10-3-2-4-11-18)23(29)26-14-7-15-30-19-12-5-8-17-9-6-13-25-21(17)19/h2-6,8-13H,7,14-15H2,1H3,(H,26,29). The normalized spacial score (nSPS) is 10.9. The number of carbonyl (C=O) groups is 1. The molecular weight excluding hydrogens is 400 g/mol. The van der Waals surface area contributed by atoms with Crippen molar-refractivity contribution in [2.45, 2.75) is 13.3 Å². The third-order valence-electron chi connectivity index (χ3n) is 4.69. The van der Waals surface area contributed by atoms with E-state index in [4.69, 9.17) is 16.3 Å². The summed E-state index contributed by atoms with van der Waals surface area (Å²) in [7, 11) is 0. The highest BCUT2D eigenvalue weighted by atomic mass is 35.5. The Bertz CT molecular complexity index is 1170. The van der Waals surface area contributed by atoms with Crippen LogP contribution in [0.3, 0.4) is 0 Å². The second kappa shape index (κ2) is 8.97. The summed E-state index contributed by atoms with van der Waals surface area (Å²) in [6.45, 7) is 2.70. The van der Waals surface area contributed by atoms with Crippen LogP contribution in [-0.4, -0.2) is 33.8 Å². The van der Waals surface area contributed by atoms with E-state index in [1.807, 2.05) is 60.7 Å². The van der Waals surface area contributed by atoms with Crippen molar-refractivity contribution in [2.75, 3.05) is 13.2 Å². The molecule has 0 spiro atoms. The quantitative estimate of drug-likeness (QED) is 0.444. The summed E-state index contributed by atoms with van der Waals surface area (Å²) in [5.74, 6) is 0.494. The van der Waals surface area contributed by atoms with Crippen molar-refractivity contribution >= 4 is 28.4 Å². The zero-order chi connectivity index (χ0) is 20.9. The van der Waals surface area contributed by atoms with E-state index < -0.39 is 0 Å². The average Bonchev–Trinajstić information content (AvgIpc) is 3.08. The maximum absolute atomic E-state index is 12.6. The number of para-hydroxylation sites is 2. The minimum atomic E-state index is -0.244. The summed E-state index contributed by atoms with van der Waals surface area (Å²) in [5, 5.41) is 8.63. The van der Waals surface area contributed by atoms with E-state index >= 15 is 0 Å². The molecule has 4 aromatic rings. The monoisotopic (exact) mass is 420 g/mol. The number of rotatable bonds is 7. The number of hydrogen-bond acceptors (Lipinski definition) is 4. The lowest BCUT2D eigenvalue weighted by molar-refractivity contribution is 0.0951. The van der Waals surface area contributed by atoms with Gasteiger partial charge in [0.1, 0.15) is 16.4 Å².